The largest absolute Gasteiger partial charge is 0.355 e. The van der Waals surface area contributed by atoms with Gasteiger partial charge in [0.1, 0.15) is 18.1 Å². The van der Waals surface area contributed by atoms with E-state index in [4.69, 9.17) is 11.6 Å². The number of benzene rings is 3. The zero-order valence-corrected chi connectivity index (χ0v) is 28.0. The molecule has 1 spiro atoms. The van der Waals surface area contributed by atoms with Crippen molar-refractivity contribution in [1.29, 1.82) is 0 Å². The Balaban J connectivity index is 1.18. The van der Waals surface area contributed by atoms with Gasteiger partial charge in [0.25, 0.3) is 5.91 Å². The maximum atomic E-state index is 14.2. The summed E-state index contributed by atoms with van der Waals surface area (Å²) in [6, 6.07) is 23.9. The lowest BCUT2D eigenvalue weighted by Crippen LogP contribution is -2.60. The second kappa shape index (κ2) is 14.8. The Morgan fingerprint density at radius 1 is 0.958 bits per heavy atom. The number of hydrogen-bond acceptors (Lipinski definition) is 6. The Hall–Kier alpha value is -4.41. The van der Waals surface area contributed by atoms with E-state index < -0.39 is 17.6 Å². The number of halogens is 1. The SMILES string of the molecule is CCCNC(=O)CN1CN(c2ccccc2)C2(CCN(C(=O)C(Cc3ccc(Cl)cc3)NC(=O)C3Cc4ccccc4CN3)CC2)C1=O. The zero-order chi connectivity index (χ0) is 33.7. The number of piperidine rings is 1. The summed E-state index contributed by atoms with van der Waals surface area (Å²) in [7, 11) is 0. The molecule has 3 N–H and O–H groups in total. The number of anilines is 1. The lowest BCUT2D eigenvalue weighted by Gasteiger charge is -2.44. The van der Waals surface area contributed by atoms with E-state index in [0.29, 0.717) is 63.6 Å². The predicted molar refractivity (Wildman–Crippen MR) is 185 cm³/mol. The maximum Gasteiger partial charge on any atom is 0.250 e. The molecule has 0 saturated carbocycles. The van der Waals surface area contributed by atoms with Crippen LogP contribution in [0.25, 0.3) is 0 Å². The van der Waals surface area contributed by atoms with Gasteiger partial charge in [-0.25, -0.2) is 0 Å². The Labute approximate surface area is 286 Å². The minimum atomic E-state index is -0.877. The summed E-state index contributed by atoms with van der Waals surface area (Å²) in [6.07, 6.45) is 2.47. The van der Waals surface area contributed by atoms with Gasteiger partial charge in [-0.05, 0) is 66.6 Å². The summed E-state index contributed by atoms with van der Waals surface area (Å²) >= 11 is 6.14. The number of fused-ring (bicyclic) bond motifs is 1. The number of carbonyl (C=O) groups is 4. The third-order valence-corrected chi connectivity index (χ3v) is 10.0. The molecule has 3 aliphatic rings. The fourth-order valence-electron chi connectivity index (χ4n) is 7.10. The van der Waals surface area contributed by atoms with E-state index in [9.17, 15) is 19.2 Å². The molecule has 2 fully saturated rings. The quantitative estimate of drug-likeness (QED) is 0.305. The molecular weight excluding hydrogens is 628 g/mol. The summed E-state index contributed by atoms with van der Waals surface area (Å²) in [5.74, 6) is -0.681. The highest BCUT2D eigenvalue weighted by molar-refractivity contribution is 6.30. The van der Waals surface area contributed by atoms with Gasteiger partial charge >= 0.3 is 0 Å². The van der Waals surface area contributed by atoms with E-state index in [1.807, 2.05) is 67.6 Å². The molecule has 4 amide bonds. The predicted octanol–water partition coefficient (Wildman–Crippen LogP) is 3.28. The van der Waals surface area contributed by atoms with Crippen LogP contribution in [0.15, 0.2) is 78.9 Å². The first-order chi connectivity index (χ1) is 23.3. The highest BCUT2D eigenvalue weighted by Gasteiger charge is 2.54. The van der Waals surface area contributed by atoms with Crippen LogP contribution < -0.4 is 20.9 Å². The van der Waals surface area contributed by atoms with Crippen molar-refractivity contribution < 1.29 is 19.2 Å². The monoisotopic (exact) mass is 670 g/mol. The molecule has 252 valence electrons. The molecule has 3 aromatic rings. The number of nitrogens with zero attached hydrogens (tertiary/aromatic N) is 3. The van der Waals surface area contributed by atoms with Crippen molar-refractivity contribution >= 4 is 40.9 Å². The van der Waals surface area contributed by atoms with Gasteiger partial charge < -0.3 is 30.7 Å². The third-order valence-electron chi connectivity index (χ3n) is 9.76. The lowest BCUT2D eigenvalue weighted by molar-refractivity contribution is -0.141. The van der Waals surface area contributed by atoms with Gasteiger partial charge in [-0.3, -0.25) is 19.2 Å². The minimum absolute atomic E-state index is 0.0125. The highest BCUT2D eigenvalue weighted by atomic mass is 35.5. The van der Waals surface area contributed by atoms with Crippen LogP contribution in [0.1, 0.15) is 42.9 Å². The molecule has 2 saturated heterocycles. The van der Waals surface area contributed by atoms with Crippen molar-refractivity contribution in [3.8, 4) is 0 Å². The smallest absolute Gasteiger partial charge is 0.250 e. The van der Waals surface area contributed by atoms with Crippen LogP contribution >= 0.6 is 11.6 Å². The average Bonchev–Trinajstić information content (AvgIpc) is 3.37. The molecule has 3 aliphatic heterocycles. The van der Waals surface area contributed by atoms with Gasteiger partial charge in [-0.15, -0.1) is 0 Å². The number of likely N-dealkylation sites (tertiary alicyclic amines) is 1. The number of hydrogen-bond donors (Lipinski definition) is 3. The van der Waals surface area contributed by atoms with Crippen molar-refractivity contribution in [1.82, 2.24) is 25.8 Å². The van der Waals surface area contributed by atoms with Gasteiger partial charge in [0.05, 0.1) is 12.7 Å². The summed E-state index contributed by atoms with van der Waals surface area (Å²) in [5.41, 5.74) is 3.20. The Morgan fingerprint density at radius 3 is 2.35 bits per heavy atom. The standard InChI is InChI=1S/C37H43ClN6O4/c1-2-18-39-33(45)24-43-25-44(30-10-4-3-5-11-30)37(36(43)48)16-19-42(20-17-37)35(47)32(21-26-12-14-29(38)15-13-26)41-34(46)31-22-27-8-6-7-9-28(27)23-40-31/h3-15,31-32,40H,2,16-25H2,1H3,(H,39,45)(H,41,46). The first-order valence-electron chi connectivity index (χ1n) is 16.8. The molecule has 3 aromatic carbocycles. The van der Waals surface area contributed by atoms with E-state index in [2.05, 4.69) is 26.9 Å². The topological polar surface area (TPSA) is 114 Å². The lowest BCUT2D eigenvalue weighted by atomic mass is 9.85. The molecule has 2 atom stereocenters. The van der Waals surface area contributed by atoms with Gasteiger partial charge in [0.2, 0.25) is 17.7 Å². The van der Waals surface area contributed by atoms with Gasteiger partial charge in [0.15, 0.2) is 0 Å². The molecule has 48 heavy (non-hydrogen) atoms. The Morgan fingerprint density at radius 2 is 1.65 bits per heavy atom. The number of amides is 4. The first kappa shape index (κ1) is 33.5. The van der Waals surface area contributed by atoms with E-state index in [1.54, 1.807) is 21.9 Å². The van der Waals surface area contributed by atoms with E-state index in [1.165, 1.54) is 5.56 Å². The van der Waals surface area contributed by atoms with E-state index >= 15 is 0 Å². The van der Waals surface area contributed by atoms with Gasteiger partial charge in [0, 0.05) is 43.3 Å². The molecule has 0 aliphatic carbocycles. The van der Waals surface area contributed by atoms with Gasteiger partial charge in [-0.1, -0.05) is 73.1 Å². The zero-order valence-electron chi connectivity index (χ0n) is 27.3. The first-order valence-corrected chi connectivity index (χ1v) is 17.2. The molecule has 0 aromatic heterocycles. The fraction of sp³-hybridized carbons (Fsp3) is 0.405. The number of rotatable bonds is 10. The molecule has 0 radical (unpaired) electrons. The normalized spacial score (nSPS) is 19.2. The maximum absolute atomic E-state index is 14.2. The van der Waals surface area contributed by atoms with Crippen LogP contribution in [-0.2, 0) is 38.6 Å². The van der Waals surface area contributed by atoms with Crippen LogP contribution in [0, 0.1) is 0 Å². The number of carbonyl (C=O) groups excluding carboxylic acids is 4. The van der Waals surface area contributed by atoms with Crippen LogP contribution in [0.5, 0.6) is 0 Å². The van der Waals surface area contributed by atoms with Crippen LogP contribution in [0.3, 0.4) is 0 Å². The second-order valence-corrected chi connectivity index (χ2v) is 13.3. The van der Waals surface area contributed by atoms with Crippen LogP contribution in [-0.4, -0.2) is 83.9 Å². The molecule has 11 heteroatoms. The minimum Gasteiger partial charge on any atom is -0.355 e. The fourth-order valence-corrected chi connectivity index (χ4v) is 7.23. The molecule has 10 nitrogen and oxygen atoms in total. The second-order valence-electron chi connectivity index (χ2n) is 12.9. The van der Waals surface area contributed by atoms with Crippen molar-refractivity contribution in [2.75, 3.05) is 37.7 Å². The number of nitrogens with one attached hydrogen (secondary N) is 3. The Bertz CT molecular complexity index is 1630. The third kappa shape index (κ3) is 7.19. The van der Waals surface area contributed by atoms with Crippen molar-refractivity contribution in [3.05, 3.63) is 101 Å². The highest BCUT2D eigenvalue weighted by Crippen LogP contribution is 2.39. The Kier molecular flexibility index (Phi) is 10.3. The molecular formula is C37H43ClN6O4. The average molecular weight is 671 g/mol. The summed E-state index contributed by atoms with van der Waals surface area (Å²) < 4.78 is 0. The molecule has 3 heterocycles. The van der Waals surface area contributed by atoms with Crippen LogP contribution in [0.2, 0.25) is 5.02 Å². The molecule has 0 bridgehead atoms. The number of para-hydroxylation sites is 1. The molecule has 2 unspecified atom stereocenters. The van der Waals surface area contributed by atoms with Gasteiger partial charge in [-0.2, -0.15) is 0 Å². The van der Waals surface area contributed by atoms with Crippen LogP contribution in [0.4, 0.5) is 5.69 Å². The van der Waals surface area contributed by atoms with E-state index in [0.717, 1.165) is 23.2 Å². The van der Waals surface area contributed by atoms with E-state index in [-0.39, 0.29) is 30.2 Å². The summed E-state index contributed by atoms with van der Waals surface area (Å²) in [6.45, 7) is 4.09. The summed E-state index contributed by atoms with van der Waals surface area (Å²) in [4.78, 5) is 60.1. The summed E-state index contributed by atoms with van der Waals surface area (Å²) in [5, 5.41) is 9.87. The van der Waals surface area contributed by atoms with Crippen molar-refractivity contribution in [3.63, 3.8) is 0 Å². The molecule has 6 rings (SSSR count). The van der Waals surface area contributed by atoms with Crippen molar-refractivity contribution in [2.45, 2.75) is 63.2 Å². The van der Waals surface area contributed by atoms with Crippen molar-refractivity contribution in [2.24, 2.45) is 0 Å².